The van der Waals surface area contributed by atoms with Gasteiger partial charge in [-0.15, -0.1) is 0 Å². The highest BCUT2D eigenvalue weighted by Crippen LogP contribution is 2.24. The predicted octanol–water partition coefficient (Wildman–Crippen LogP) is 5.04. The molecule has 0 aliphatic carbocycles. The minimum Gasteiger partial charge on any atom is -0.258 e. The average molecular weight is 345 g/mol. The second-order valence-electron chi connectivity index (χ2n) is 4.43. The van der Waals surface area contributed by atoms with E-state index in [-0.39, 0.29) is 5.69 Å². The second kappa shape index (κ2) is 6.95. The Morgan fingerprint density at radius 2 is 1.95 bits per heavy atom. The lowest BCUT2D eigenvalue weighted by Crippen LogP contribution is -1.88. The van der Waals surface area contributed by atoms with Crippen LogP contribution in [0.4, 0.5) is 11.4 Å². The first kappa shape index (κ1) is 15.1. The third-order valence-electron chi connectivity index (χ3n) is 2.82. The van der Waals surface area contributed by atoms with Crippen molar-refractivity contribution in [2.75, 3.05) is 0 Å². The topological polar surface area (TPSA) is 55.5 Å². The summed E-state index contributed by atoms with van der Waals surface area (Å²) in [6.07, 6.45) is 3.63. The Labute approximate surface area is 131 Å². The van der Waals surface area contributed by atoms with Gasteiger partial charge in [0, 0.05) is 22.8 Å². The molecule has 0 bridgehead atoms. The summed E-state index contributed by atoms with van der Waals surface area (Å²) in [6, 6.07) is 14.5. The Morgan fingerprint density at radius 3 is 2.57 bits per heavy atom. The summed E-state index contributed by atoms with van der Waals surface area (Å²) in [5.74, 6) is 0. The zero-order valence-corrected chi connectivity index (χ0v) is 12.9. The molecule has 2 aromatic carbocycles. The second-order valence-corrected chi connectivity index (χ2v) is 5.34. The maximum absolute atomic E-state index is 10.7. The summed E-state index contributed by atoms with van der Waals surface area (Å²) in [5.41, 5.74) is 2.61. The molecule has 0 aliphatic heterocycles. The molecule has 0 atom stereocenters. The highest BCUT2D eigenvalue weighted by atomic mass is 79.9. The Balaban J connectivity index is 2.18. The van der Waals surface area contributed by atoms with Gasteiger partial charge in [-0.05, 0) is 46.1 Å². The lowest BCUT2D eigenvalue weighted by molar-refractivity contribution is -0.384. The predicted molar refractivity (Wildman–Crippen MR) is 89.3 cm³/mol. The van der Waals surface area contributed by atoms with Crippen LogP contribution in [0, 0.1) is 17.0 Å². The van der Waals surface area contributed by atoms with E-state index in [4.69, 9.17) is 0 Å². The first-order valence-corrected chi connectivity index (χ1v) is 7.07. The maximum atomic E-state index is 10.7. The van der Waals surface area contributed by atoms with E-state index in [1.165, 1.54) is 12.1 Å². The number of hydrogen-bond acceptors (Lipinski definition) is 3. The van der Waals surface area contributed by atoms with Crippen molar-refractivity contribution in [3.63, 3.8) is 0 Å². The van der Waals surface area contributed by atoms with Gasteiger partial charge in [0.2, 0.25) is 0 Å². The summed E-state index contributed by atoms with van der Waals surface area (Å²) in [5, 5.41) is 10.7. The van der Waals surface area contributed by atoms with Crippen molar-refractivity contribution in [2.45, 2.75) is 6.92 Å². The van der Waals surface area contributed by atoms with Crippen molar-refractivity contribution in [2.24, 2.45) is 4.99 Å². The van der Waals surface area contributed by atoms with Crippen molar-refractivity contribution in [1.82, 2.24) is 0 Å². The summed E-state index contributed by atoms with van der Waals surface area (Å²) in [6.45, 7) is 1.80. The van der Waals surface area contributed by atoms with Crippen LogP contribution in [0.15, 0.2) is 58.0 Å². The van der Waals surface area contributed by atoms with Crippen LogP contribution in [-0.4, -0.2) is 11.1 Å². The number of rotatable bonds is 4. The van der Waals surface area contributed by atoms with Gasteiger partial charge < -0.3 is 0 Å². The molecule has 0 unspecified atom stereocenters. The Kier molecular flexibility index (Phi) is 5.00. The van der Waals surface area contributed by atoms with E-state index in [2.05, 4.69) is 20.9 Å². The smallest absolute Gasteiger partial charge is 0.258 e. The van der Waals surface area contributed by atoms with Crippen LogP contribution in [0.5, 0.6) is 0 Å². The molecule has 0 radical (unpaired) electrons. The van der Waals surface area contributed by atoms with Crippen molar-refractivity contribution >= 4 is 39.6 Å². The first-order valence-electron chi connectivity index (χ1n) is 6.27. The largest absolute Gasteiger partial charge is 0.269 e. The number of aryl methyl sites for hydroxylation is 1. The molecule has 0 heterocycles. The third kappa shape index (κ3) is 4.36. The average Bonchev–Trinajstić information content (AvgIpc) is 2.47. The summed E-state index contributed by atoms with van der Waals surface area (Å²) < 4.78 is 0.825. The zero-order valence-electron chi connectivity index (χ0n) is 11.4. The van der Waals surface area contributed by atoms with E-state index >= 15 is 0 Å². The Bertz CT molecular complexity index is 709. The lowest BCUT2D eigenvalue weighted by Gasteiger charge is -1.99. The monoisotopic (exact) mass is 344 g/mol. The molecule has 5 heteroatoms. The fraction of sp³-hybridized carbons (Fsp3) is 0.0625. The SMILES string of the molecule is Cc1cc([N+](=O)[O-])ccc1N=CC(Br)=Cc1ccccc1. The number of allylic oxidation sites excluding steroid dienone is 1. The number of nitro benzene ring substituents is 1. The minimum absolute atomic E-state index is 0.0744. The van der Waals surface area contributed by atoms with Crippen molar-refractivity contribution in [3.8, 4) is 0 Å². The van der Waals surface area contributed by atoms with Gasteiger partial charge in [0.15, 0.2) is 0 Å². The van der Waals surface area contributed by atoms with Crippen LogP contribution in [-0.2, 0) is 0 Å². The van der Waals surface area contributed by atoms with Gasteiger partial charge in [-0.1, -0.05) is 30.3 Å². The molecule has 0 N–H and O–H groups in total. The number of non-ortho nitro benzene ring substituents is 1. The number of benzene rings is 2. The zero-order chi connectivity index (χ0) is 15.2. The van der Waals surface area contributed by atoms with E-state index in [0.717, 1.165) is 15.6 Å². The van der Waals surface area contributed by atoms with Crippen LogP contribution in [0.2, 0.25) is 0 Å². The number of aliphatic imine (C=N–C) groups is 1. The Hall–Kier alpha value is -2.27. The molecule has 0 saturated heterocycles. The van der Waals surface area contributed by atoms with E-state index in [9.17, 15) is 10.1 Å². The summed E-state index contributed by atoms with van der Waals surface area (Å²) in [7, 11) is 0. The van der Waals surface area contributed by atoms with Gasteiger partial charge in [0.25, 0.3) is 5.69 Å². The normalized spacial score (nSPS) is 11.8. The van der Waals surface area contributed by atoms with Gasteiger partial charge in [0.05, 0.1) is 10.6 Å². The lowest BCUT2D eigenvalue weighted by atomic mass is 10.2. The maximum Gasteiger partial charge on any atom is 0.269 e. The van der Waals surface area contributed by atoms with E-state index in [1.54, 1.807) is 19.2 Å². The molecule has 0 aromatic heterocycles. The molecule has 4 nitrogen and oxygen atoms in total. The molecule has 2 rings (SSSR count). The molecule has 0 fully saturated rings. The van der Waals surface area contributed by atoms with E-state index in [0.29, 0.717) is 5.69 Å². The quantitative estimate of drug-likeness (QED) is 0.443. The molecule has 106 valence electrons. The highest BCUT2D eigenvalue weighted by molar-refractivity contribution is 9.12. The summed E-state index contributed by atoms with van der Waals surface area (Å²) in [4.78, 5) is 14.6. The van der Waals surface area contributed by atoms with Crippen LogP contribution < -0.4 is 0 Å². The number of nitrogens with zero attached hydrogens (tertiary/aromatic N) is 2. The van der Waals surface area contributed by atoms with Gasteiger partial charge in [-0.2, -0.15) is 0 Å². The fourth-order valence-electron chi connectivity index (χ4n) is 1.78. The van der Waals surface area contributed by atoms with Gasteiger partial charge in [-0.25, -0.2) is 0 Å². The van der Waals surface area contributed by atoms with Crippen molar-refractivity contribution in [1.29, 1.82) is 0 Å². The minimum atomic E-state index is -0.411. The van der Waals surface area contributed by atoms with Crippen LogP contribution >= 0.6 is 15.9 Å². The molecular formula is C16H13BrN2O2. The number of halogens is 1. The van der Waals surface area contributed by atoms with Crippen LogP contribution in [0.3, 0.4) is 0 Å². The van der Waals surface area contributed by atoms with Gasteiger partial charge >= 0.3 is 0 Å². The molecule has 0 spiro atoms. The van der Waals surface area contributed by atoms with E-state index < -0.39 is 4.92 Å². The number of nitro groups is 1. The third-order valence-corrected chi connectivity index (χ3v) is 3.26. The molecular weight excluding hydrogens is 332 g/mol. The molecule has 0 aliphatic rings. The van der Waals surface area contributed by atoms with Gasteiger partial charge in [0.1, 0.15) is 0 Å². The van der Waals surface area contributed by atoms with Crippen molar-refractivity contribution in [3.05, 3.63) is 74.3 Å². The summed E-state index contributed by atoms with van der Waals surface area (Å²) >= 11 is 3.44. The molecule has 21 heavy (non-hydrogen) atoms. The van der Waals surface area contributed by atoms with Crippen LogP contribution in [0.1, 0.15) is 11.1 Å². The van der Waals surface area contributed by atoms with Gasteiger partial charge in [-0.3, -0.25) is 15.1 Å². The molecule has 2 aromatic rings. The van der Waals surface area contributed by atoms with Crippen LogP contribution in [0.25, 0.3) is 6.08 Å². The van der Waals surface area contributed by atoms with E-state index in [1.807, 2.05) is 36.4 Å². The fourth-order valence-corrected chi connectivity index (χ4v) is 2.14. The first-order chi connectivity index (χ1) is 10.1. The highest BCUT2D eigenvalue weighted by Gasteiger charge is 2.06. The standard InChI is InChI=1S/C16H13BrN2O2/c1-12-9-15(19(20)21)7-8-16(12)18-11-14(17)10-13-5-3-2-4-6-13/h2-11H,1H3. The number of hydrogen-bond donors (Lipinski definition) is 0. The van der Waals surface area contributed by atoms with Crippen molar-refractivity contribution < 1.29 is 4.92 Å². The Morgan fingerprint density at radius 1 is 1.24 bits per heavy atom. The molecule has 0 saturated carbocycles. The molecule has 0 amide bonds.